The Hall–Kier alpha value is -1.92. The van der Waals surface area contributed by atoms with Gasteiger partial charge in [0.05, 0.1) is 6.54 Å². The average molecular weight is 358 g/mol. The molecule has 0 aromatic heterocycles. The van der Waals surface area contributed by atoms with Gasteiger partial charge in [0.1, 0.15) is 0 Å². The molecule has 0 spiro atoms. The molecule has 2 aliphatic heterocycles. The molecule has 2 saturated heterocycles. The van der Waals surface area contributed by atoms with E-state index in [-0.39, 0.29) is 11.8 Å². The molecule has 6 heteroatoms. The third kappa shape index (κ3) is 4.83. The van der Waals surface area contributed by atoms with E-state index in [2.05, 4.69) is 41.0 Å². The van der Waals surface area contributed by atoms with E-state index in [1.807, 2.05) is 15.9 Å². The summed E-state index contributed by atoms with van der Waals surface area (Å²) in [5.41, 5.74) is 1.34. The molecule has 2 amide bonds. The maximum absolute atomic E-state index is 12.6. The highest BCUT2D eigenvalue weighted by atomic mass is 16.2. The number of nitrogens with zero attached hydrogens (tertiary/aromatic N) is 4. The van der Waals surface area contributed by atoms with Gasteiger partial charge in [-0.3, -0.25) is 19.4 Å². The second kappa shape index (κ2) is 8.64. The minimum atomic E-state index is 0.0975. The Kier molecular flexibility index (Phi) is 6.27. The number of benzene rings is 1. The van der Waals surface area contributed by atoms with E-state index in [1.54, 1.807) is 6.92 Å². The SMILES string of the molecule is CC(=O)N1CCN(C(=O)CN2CCN(Cc3ccccc3)C[C@H]2C)CC1. The van der Waals surface area contributed by atoms with Crippen LogP contribution in [-0.4, -0.2) is 89.8 Å². The zero-order chi connectivity index (χ0) is 18.5. The van der Waals surface area contributed by atoms with Crippen molar-refractivity contribution < 1.29 is 9.59 Å². The lowest BCUT2D eigenvalue weighted by molar-refractivity contribution is -0.139. The summed E-state index contributed by atoms with van der Waals surface area (Å²) in [6.45, 7) is 10.8. The van der Waals surface area contributed by atoms with Gasteiger partial charge in [0.25, 0.3) is 0 Å². The summed E-state index contributed by atoms with van der Waals surface area (Å²) in [5, 5.41) is 0. The smallest absolute Gasteiger partial charge is 0.236 e. The Morgan fingerprint density at radius 3 is 2.23 bits per heavy atom. The first-order valence-electron chi connectivity index (χ1n) is 9.56. The van der Waals surface area contributed by atoms with Crippen LogP contribution < -0.4 is 0 Å². The zero-order valence-corrected chi connectivity index (χ0v) is 15.9. The summed E-state index contributed by atoms with van der Waals surface area (Å²) >= 11 is 0. The Morgan fingerprint density at radius 1 is 0.962 bits per heavy atom. The van der Waals surface area contributed by atoms with Crippen molar-refractivity contribution in [2.45, 2.75) is 26.4 Å². The molecule has 1 atom stereocenters. The van der Waals surface area contributed by atoms with E-state index < -0.39 is 0 Å². The summed E-state index contributed by atoms with van der Waals surface area (Å²) in [4.78, 5) is 32.5. The van der Waals surface area contributed by atoms with E-state index in [4.69, 9.17) is 0 Å². The van der Waals surface area contributed by atoms with Crippen molar-refractivity contribution in [1.82, 2.24) is 19.6 Å². The van der Waals surface area contributed by atoms with Crippen LogP contribution in [0.5, 0.6) is 0 Å². The van der Waals surface area contributed by atoms with Crippen molar-refractivity contribution in [3.05, 3.63) is 35.9 Å². The molecule has 0 bridgehead atoms. The van der Waals surface area contributed by atoms with Crippen LogP contribution >= 0.6 is 0 Å². The highest BCUT2D eigenvalue weighted by Crippen LogP contribution is 2.14. The van der Waals surface area contributed by atoms with Crippen molar-refractivity contribution in [3.63, 3.8) is 0 Å². The number of rotatable bonds is 4. The van der Waals surface area contributed by atoms with E-state index in [1.165, 1.54) is 5.56 Å². The number of amides is 2. The van der Waals surface area contributed by atoms with Gasteiger partial charge in [-0.05, 0) is 12.5 Å². The van der Waals surface area contributed by atoms with E-state index in [0.29, 0.717) is 38.8 Å². The quantitative estimate of drug-likeness (QED) is 0.802. The zero-order valence-electron chi connectivity index (χ0n) is 15.9. The van der Waals surface area contributed by atoms with Gasteiger partial charge in [-0.1, -0.05) is 30.3 Å². The molecule has 6 nitrogen and oxygen atoms in total. The predicted octanol–water partition coefficient (Wildman–Crippen LogP) is 0.883. The van der Waals surface area contributed by atoms with Crippen molar-refractivity contribution in [2.75, 3.05) is 52.4 Å². The minimum Gasteiger partial charge on any atom is -0.339 e. The fraction of sp³-hybridized carbons (Fsp3) is 0.600. The van der Waals surface area contributed by atoms with Gasteiger partial charge in [0, 0.05) is 65.3 Å². The molecule has 0 radical (unpaired) electrons. The van der Waals surface area contributed by atoms with Gasteiger partial charge in [0.15, 0.2) is 0 Å². The minimum absolute atomic E-state index is 0.0975. The van der Waals surface area contributed by atoms with Crippen LogP contribution in [0.2, 0.25) is 0 Å². The molecule has 2 fully saturated rings. The predicted molar refractivity (Wildman–Crippen MR) is 102 cm³/mol. The second-order valence-electron chi connectivity index (χ2n) is 7.43. The van der Waals surface area contributed by atoms with Crippen molar-refractivity contribution in [3.8, 4) is 0 Å². The van der Waals surface area contributed by atoms with E-state index in [9.17, 15) is 9.59 Å². The summed E-state index contributed by atoms with van der Waals surface area (Å²) in [6.07, 6.45) is 0. The normalized spacial score (nSPS) is 22.5. The third-order valence-corrected chi connectivity index (χ3v) is 5.51. The number of carbonyl (C=O) groups excluding carboxylic acids is 2. The molecule has 0 saturated carbocycles. The second-order valence-corrected chi connectivity index (χ2v) is 7.43. The fourth-order valence-corrected chi connectivity index (χ4v) is 3.84. The average Bonchev–Trinajstić information content (AvgIpc) is 2.65. The molecule has 1 aromatic rings. The first-order chi connectivity index (χ1) is 12.5. The van der Waals surface area contributed by atoms with Gasteiger partial charge >= 0.3 is 0 Å². The van der Waals surface area contributed by atoms with Crippen LogP contribution in [0.25, 0.3) is 0 Å². The van der Waals surface area contributed by atoms with Crippen LogP contribution in [0.4, 0.5) is 0 Å². The highest BCUT2D eigenvalue weighted by Gasteiger charge is 2.28. The molecular formula is C20H30N4O2. The van der Waals surface area contributed by atoms with Crippen LogP contribution in [0.15, 0.2) is 30.3 Å². The first-order valence-corrected chi connectivity index (χ1v) is 9.56. The van der Waals surface area contributed by atoms with Crippen molar-refractivity contribution >= 4 is 11.8 Å². The molecule has 2 heterocycles. The van der Waals surface area contributed by atoms with Gasteiger partial charge < -0.3 is 9.80 Å². The molecule has 1 aromatic carbocycles. The van der Waals surface area contributed by atoms with Crippen LogP contribution in [0.3, 0.4) is 0 Å². The molecule has 2 aliphatic rings. The summed E-state index contributed by atoms with van der Waals surface area (Å²) in [7, 11) is 0. The number of hydrogen-bond acceptors (Lipinski definition) is 4. The fourth-order valence-electron chi connectivity index (χ4n) is 3.84. The van der Waals surface area contributed by atoms with Gasteiger partial charge in [-0.15, -0.1) is 0 Å². The Morgan fingerprint density at radius 2 is 1.62 bits per heavy atom. The van der Waals surface area contributed by atoms with Crippen molar-refractivity contribution in [1.29, 1.82) is 0 Å². The lowest BCUT2D eigenvalue weighted by Crippen LogP contribution is -2.56. The molecular weight excluding hydrogens is 328 g/mol. The monoisotopic (exact) mass is 358 g/mol. The lowest BCUT2D eigenvalue weighted by Gasteiger charge is -2.41. The maximum atomic E-state index is 12.6. The number of hydrogen-bond donors (Lipinski definition) is 0. The molecule has 142 valence electrons. The highest BCUT2D eigenvalue weighted by molar-refractivity contribution is 5.79. The topological polar surface area (TPSA) is 47.1 Å². The van der Waals surface area contributed by atoms with Gasteiger partial charge in [0.2, 0.25) is 11.8 Å². The van der Waals surface area contributed by atoms with Crippen LogP contribution in [0, 0.1) is 0 Å². The lowest BCUT2D eigenvalue weighted by atomic mass is 10.1. The summed E-state index contributed by atoms with van der Waals surface area (Å²) < 4.78 is 0. The van der Waals surface area contributed by atoms with E-state index in [0.717, 1.165) is 26.2 Å². The first kappa shape index (κ1) is 18.9. The Balaban J connectivity index is 1.45. The molecule has 0 unspecified atom stereocenters. The van der Waals surface area contributed by atoms with E-state index >= 15 is 0 Å². The molecule has 3 rings (SSSR count). The van der Waals surface area contributed by atoms with Crippen LogP contribution in [-0.2, 0) is 16.1 Å². The standard InChI is InChI=1S/C20H30N4O2/c1-17-14-21(15-19-6-4-3-5-7-19)8-9-24(17)16-20(26)23-12-10-22(11-13-23)18(2)25/h3-7,17H,8-16H2,1-2H3/t17-/m1/s1. The Labute approximate surface area is 156 Å². The van der Waals surface area contributed by atoms with Crippen molar-refractivity contribution in [2.24, 2.45) is 0 Å². The third-order valence-electron chi connectivity index (χ3n) is 5.51. The number of carbonyl (C=O) groups is 2. The van der Waals surface area contributed by atoms with Crippen LogP contribution in [0.1, 0.15) is 19.4 Å². The number of piperazine rings is 2. The molecule has 26 heavy (non-hydrogen) atoms. The maximum Gasteiger partial charge on any atom is 0.236 e. The van der Waals surface area contributed by atoms with Gasteiger partial charge in [-0.2, -0.15) is 0 Å². The Bertz CT molecular complexity index is 613. The van der Waals surface area contributed by atoms with Gasteiger partial charge in [-0.25, -0.2) is 0 Å². The molecule has 0 aliphatic carbocycles. The molecule has 0 N–H and O–H groups in total. The largest absolute Gasteiger partial charge is 0.339 e. The summed E-state index contributed by atoms with van der Waals surface area (Å²) in [6, 6.07) is 10.9. The summed E-state index contributed by atoms with van der Waals surface area (Å²) in [5.74, 6) is 0.289.